The van der Waals surface area contributed by atoms with E-state index in [2.05, 4.69) is 31.7 Å². The number of hydrogen-bond acceptors (Lipinski definition) is 0. The first kappa shape index (κ1) is 10.3. The maximum atomic E-state index is 5.82. The summed E-state index contributed by atoms with van der Waals surface area (Å²) in [5.41, 5.74) is 1.17. The van der Waals surface area contributed by atoms with Crippen LogP contribution in [0.1, 0.15) is 19.8 Å². The third-order valence-corrected chi connectivity index (χ3v) is 2.38. The molecule has 0 radical (unpaired) electrons. The Bertz CT molecular complexity index is 269. The van der Waals surface area contributed by atoms with Crippen molar-refractivity contribution in [1.82, 2.24) is 0 Å². The summed E-state index contributed by atoms with van der Waals surface area (Å²) in [7, 11) is 0. The molecule has 0 saturated heterocycles. The van der Waals surface area contributed by atoms with Crippen molar-refractivity contribution in [2.24, 2.45) is 5.92 Å². The van der Waals surface area contributed by atoms with Crippen molar-refractivity contribution in [3.63, 3.8) is 0 Å². The summed E-state index contributed by atoms with van der Waals surface area (Å²) in [5, 5.41) is 0.837. The van der Waals surface area contributed by atoms with Crippen molar-refractivity contribution in [3.05, 3.63) is 47.6 Å². The molecule has 1 unspecified atom stereocenters. The topological polar surface area (TPSA) is 0 Å². The van der Waals surface area contributed by atoms with Crippen LogP contribution in [0.25, 0.3) is 0 Å². The fourth-order valence-electron chi connectivity index (χ4n) is 1.26. The first-order valence-electron chi connectivity index (χ1n) is 4.63. The van der Waals surface area contributed by atoms with E-state index in [0.29, 0.717) is 5.92 Å². The molecular formula is C12H15Cl. The number of hydrogen-bond donors (Lipinski definition) is 0. The standard InChI is InChI=1S/C12H15Cl/c1-3-4-5-10(2)11-6-8-12(13)9-7-11/h4-6,8-9,11H,2-3,7H2,1H3/b5-4-. The molecule has 0 saturated carbocycles. The van der Waals surface area contributed by atoms with Crippen LogP contribution in [0.15, 0.2) is 47.6 Å². The van der Waals surface area contributed by atoms with E-state index in [-0.39, 0.29) is 0 Å². The molecule has 1 rings (SSSR count). The Labute approximate surface area is 85.3 Å². The molecule has 0 heterocycles. The maximum absolute atomic E-state index is 5.82. The zero-order valence-electron chi connectivity index (χ0n) is 7.96. The molecule has 0 fully saturated rings. The van der Waals surface area contributed by atoms with Gasteiger partial charge in [0.2, 0.25) is 0 Å². The second-order valence-electron chi connectivity index (χ2n) is 3.18. The molecule has 0 aromatic carbocycles. The van der Waals surface area contributed by atoms with E-state index in [1.807, 2.05) is 12.2 Å². The molecule has 70 valence electrons. The average molecular weight is 195 g/mol. The van der Waals surface area contributed by atoms with Crippen LogP contribution >= 0.6 is 11.6 Å². The minimum absolute atomic E-state index is 0.435. The summed E-state index contributed by atoms with van der Waals surface area (Å²) in [6.07, 6.45) is 12.4. The van der Waals surface area contributed by atoms with Gasteiger partial charge in [-0.05, 0) is 24.5 Å². The largest absolute Gasteiger partial charge is 0.0952 e. The van der Waals surface area contributed by atoms with Gasteiger partial charge in [-0.25, -0.2) is 0 Å². The van der Waals surface area contributed by atoms with Crippen molar-refractivity contribution >= 4 is 11.6 Å². The molecule has 0 nitrogen and oxygen atoms in total. The zero-order chi connectivity index (χ0) is 9.68. The number of allylic oxidation sites excluding steroid dienone is 7. The highest BCUT2D eigenvalue weighted by Crippen LogP contribution is 2.24. The Balaban J connectivity index is 2.52. The summed E-state index contributed by atoms with van der Waals surface area (Å²) in [6.45, 7) is 6.15. The highest BCUT2D eigenvalue weighted by molar-refractivity contribution is 6.31. The smallest absolute Gasteiger partial charge is 0.0363 e. The minimum Gasteiger partial charge on any atom is -0.0952 e. The first-order valence-corrected chi connectivity index (χ1v) is 5.01. The molecule has 0 amide bonds. The van der Waals surface area contributed by atoms with Gasteiger partial charge in [-0.2, -0.15) is 0 Å². The molecular weight excluding hydrogens is 180 g/mol. The van der Waals surface area contributed by atoms with Crippen molar-refractivity contribution in [2.75, 3.05) is 0 Å². The normalized spacial score (nSPS) is 22.0. The predicted octanol–water partition coefficient (Wildman–Crippen LogP) is 4.21. The molecule has 0 N–H and O–H groups in total. The van der Waals surface area contributed by atoms with E-state index in [9.17, 15) is 0 Å². The van der Waals surface area contributed by atoms with Crippen molar-refractivity contribution in [2.45, 2.75) is 19.8 Å². The van der Waals surface area contributed by atoms with Gasteiger partial charge in [-0.1, -0.05) is 49.4 Å². The third kappa shape index (κ3) is 3.23. The van der Waals surface area contributed by atoms with Gasteiger partial charge in [0.15, 0.2) is 0 Å². The Morgan fingerprint density at radius 1 is 1.77 bits per heavy atom. The fraction of sp³-hybridized carbons (Fsp3) is 0.333. The SMILES string of the molecule is C=C(/C=C\CC)C1C=CC(Cl)=CC1. The summed E-state index contributed by atoms with van der Waals surface area (Å²) in [4.78, 5) is 0. The van der Waals surface area contributed by atoms with Crippen LogP contribution < -0.4 is 0 Å². The van der Waals surface area contributed by atoms with Crippen LogP contribution in [-0.2, 0) is 0 Å². The van der Waals surface area contributed by atoms with Gasteiger partial charge < -0.3 is 0 Å². The van der Waals surface area contributed by atoms with Crippen molar-refractivity contribution < 1.29 is 0 Å². The highest BCUT2D eigenvalue weighted by atomic mass is 35.5. The lowest BCUT2D eigenvalue weighted by Crippen LogP contribution is -1.99. The van der Waals surface area contributed by atoms with Gasteiger partial charge in [-0.3, -0.25) is 0 Å². The minimum atomic E-state index is 0.435. The molecule has 1 aliphatic carbocycles. The summed E-state index contributed by atoms with van der Waals surface area (Å²) < 4.78 is 0. The second-order valence-corrected chi connectivity index (χ2v) is 3.61. The fourth-order valence-corrected chi connectivity index (χ4v) is 1.42. The van der Waals surface area contributed by atoms with E-state index in [1.165, 1.54) is 5.57 Å². The molecule has 0 aromatic rings. The van der Waals surface area contributed by atoms with Gasteiger partial charge in [-0.15, -0.1) is 0 Å². The molecule has 0 aliphatic heterocycles. The number of halogens is 1. The Kier molecular flexibility index (Phi) is 4.04. The summed E-state index contributed by atoms with van der Waals surface area (Å²) in [6, 6.07) is 0. The Morgan fingerprint density at radius 2 is 2.54 bits per heavy atom. The molecule has 13 heavy (non-hydrogen) atoms. The third-order valence-electron chi connectivity index (χ3n) is 2.10. The second kappa shape index (κ2) is 5.08. The van der Waals surface area contributed by atoms with Gasteiger partial charge >= 0.3 is 0 Å². The van der Waals surface area contributed by atoms with Gasteiger partial charge in [0.25, 0.3) is 0 Å². The zero-order valence-corrected chi connectivity index (χ0v) is 8.72. The van der Waals surface area contributed by atoms with Crippen LogP contribution in [0.4, 0.5) is 0 Å². The molecule has 1 aliphatic rings. The van der Waals surface area contributed by atoms with Crippen LogP contribution in [0, 0.1) is 5.92 Å². The Morgan fingerprint density at radius 3 is 3.08 bits per heavy atom. The monoisotopic (exact) mass is 194 g/mol. The van der Waals surface area contributed by atoms with Crippen molar-refractivity contribution in [1.29, 1.82) is 0 Å². The summed E-state index contributed by atoms with van der Waals surface area (Å²) >= 11 is 5.82. The van der Waals surface area contributed by atoms with E-state index >= 15 is 0 Å². The summed E-state index contributed by atoms with van der Waals surface area (Å²) in [5.74, 6) is 0.435. The van der Waals surface area contributed by atoms with E-state index in [0.717, 1.165) is 17.9 Å². The average Bonchev–Trinajstić information content (AvgIpc) is 2.15. The van der Waals surface area contributed by atoms with Gasteiger partial charge in [0.1, 0.15) is 0 Å². The van der Waals surface area contributed by atoms with Crippen LogP contribution in [-0.4, -0.2) is 0 Å². The molecule has 0 aromatic heterocycles. The highest BCUT2D eigenvalue weighted by Gasteiger charge is 2.08. The van der Waals surface area contributed by atoms with Gasteiger partial charge in [0.05, 0.1) is 0 Å². The first-order chi connectivity index (χ1) is 6.24. The molecule has 1 heteroatoms. The number of rotatable bonds is 3. The predicted molar refractivity (Wildman–Crippen MR) is 59.8 cm³/mol. The maximum Gasteiger partial charge on any atom is 0.0363 e. The lowest BCUT2D eigenvalue weighted by Gasteiger charge is -2.14. The van der Waals surface area contributed by atoms with E-state index < -0.39 is 0 Å². The quantitative estimate of drug-likeness (QED) is 0.591. The van der Waals surface area contributed by atoms with Crippen LogP contribution in [0.3, 0.4) is 0 Å². The van der Waals surface area contributed by atoms with E-state index in [1.54, 1.807) is 0 Å². The molecule has 0 spiro atoms. The van der Waals surface area contributed by atoms with E-state index in [4.69, 9.17) is 11.6 Å². The lowest BCUT2D eigenvalue weighted by atomic mass is 9.93. The molecule has 0 bridgehead atoms. The Hall–Kier alpha value is -0.750. The van der Waals surface area contributed by atoms with Crippen molar-refractivity contribution in [3.8, 4) is 0 Å². The lowest BCUT2D eigenvalue weighted by molar-refractivity contribution is 0.787. The van der Waals surface area contributed by atoms with Gasteiger partial charge in [0, 0.05) is 11.0 Å². The molecule has 1 atom stereocenters. The van der Waals surface area contributed by atoms with Crippen LogP contribution in [0.2, 0.25) is 0 Å². The van der Waals surface area contributed by atoms with Crippen LogP contribution in [0.5, 0.6) is 0 Å².